The van der Waals surface area contributed by atoms with Gasteiger partial charge in [0.2, 0.25) is 0 Å². The Labute approximate surface area is 191 Å². The molecule has 0 bridgehead atoms. The van der Waals surface area contributed by atoms with Crippen molar-refractivity contribution in [2.75, 3.05) is 44.7 Å². The molecule has 0 amide bonds. The molecule has 32 heavy (non-hydrogen) atoms. The summed E-state index contributed by atoms with van der Waals surface area (Å²) in [6, 6.07) is 8.29. The first-order valence-electron chi connectivity index (χ1n) is 12.4. The maximum absolute atomic E-state index is 13.0. The second kappa shape index (κ2) is 7.36. The van der Waals surface area contributed by atoms with Crippen LogP contribution in [0.5, 0.6) is 5.75 Å². The number of carbonyl (C=O) groups is 1. The minimum atomic E-state index is -0.0458. The van der Waals surface area contributed by atoms with Crippen LogP contribution in [0.25, 0.3) is 0 Å². The molecule has 6 heteroatoms. The Morgan fingerprint density at radius 3 is 2.62 bits per heavy atom. The summed E-state index contributed by atoms with van der Waals surface area (Å²) >= 11 is 0. The summed E-state index contributed by atoms with van der Waals surface area (Å²) in [4.78, 5) is 17.9. The molecule has 6 rings (SSSR count). The topological polar surface area (TPSA) is 54.5 Å². The van der Waals surface area contributed by atoms with E-state index in [1.54, 1.807) is 7.11 Å². The molecular weight excluding hydrogens is 404 g/mol. The molecule has 0 radical (unpaired) electrons. The number of hydrogen-bond donors (Lipinski definition) is 0. The number of anilines is 1. The molecule has 1 aromatic carbocycles. The minimum absolute atomic E-state index is 0.00822. The zero-order chi connectivity index (χ0) is 22.1. The van der Waals surface area contributed by atoms with E-state index in [1.807, 2.05) is 12.1 Å². The van der Waals surface area contributed by atoms with E-state index in [-0.39, 0.29) is 41.0 Å². The van der Waals surface area contributed by atoms with Gasteiger partial charge >= 0.3 is 5.97 Å². The molecule has 3 heterocycles. The zero-order valence-corrected chi connectivity index (χ0v) is 19.6. The third-order valence-electron chi connectivity index (χ3n) is 9.46. The molecule has 6 nitrogen and oxygen atoms in total. The van der Waals surface area contributed by atoms with Crippen molar-refractivity contribution in [2.45, 2.75) is 57.3 Å². The van der Waals surface area contributed by atoms with Crippen molar-refractivity contribution in [1.29, 1.82) is 0 Å². The normalized spacial score (nSPS) is 43.2. The summed E-state index contributed by atoms with van der Waals surface area (Å²) in [5.41, 5.74) is 1.39. The number of esters is 1. The molecule has 2 aliphatic carbocycles. The Kier molecular flexibility index (Phi) is 4.78. The lowest BCUT2D eigenvalue weighted by atomic mass is 9.53. The fourth-order valence-electron chi connectivity index (χ4n) is 7.70. The Morgan fingerprint density at radius 1 is 1.16 bits per heavy atom. The van der Waals surface area contributed by atoms with E-state index in [9.17, 15) is 4.79 Å². The standard InChI is InChI=1S/C26H36N2O4/c1-17-5-4-10-25(2)15-21-22(23-26(17,25)32-23)20(24(29)31-21)16-27-11-13-28(14-12-27)18-6-8-19(30-3)9-7-18/h6-9,17,20-23H,4-5,10-16H2,1-3H3/t17-,20+,21+,22+,23+,25+,26-/m0/s1. The molecule has 0 unspecified atom stereocenters. The molecule has 3 aliphatic heterocycles. The Morgan fingerprint density at radius 2 is 1.91 bits per heavy atom. The Hall–Kier alpha value is -1.79. The van der Waals surface area contributed by atoms with Crippen LogP contribution >= 0.6 is 0 Å². The van der Waals surface area contributed by atoms with Crippen LogP contribution in [0.3, 0.4) is 0 Å². The summed E-state index contributed by atoms with van der Waals surface area (Å²) in [7, 11) is 1.70. The van der Waals surface area contributed by atoms with E-state index in [0.717, 1.165) is 44.9 Å². The van der Waals surface area contributed by atoms with Gasteiger partial charge in [-0.2, -0.15) is 0 Å². The van der Waals surface area contributed by atoms with Crippen LogP contribution in [-0.2, 0) is 14.3 Å². The third-order valence-corrected chi connectivity index (χ3v) is 9.46. The van der Waals surface area contributed by atoms with Gasteiger partial charge in [0.25, 0.3) is 0 Å². The zero-order valence-electron chi connectivity index (χ0n) is 19.6. The predicted molar refractivity (Wildman–Crippen MR) is 122 cm³/mol. The highest BCUT2D eigenvalue weighted by Crippen LogP contribution is 2.70. The van der Waals surface area contributed by atoms with Gasteiger partial charge in [0, 0.05) is 49.7 Å². The maximum Gasteiger partial charge on any atom is 0.311 e. The first-order chi connectivity index (χ1) is 15.4. The first-order valence-corrected chi connectivity index (χ1v) is 12.4. The van der Waals surface area contributed by atoms with E-state index in [0.29, 0.717) is 5.92 Å². The van der Waals surface area contributed by atoms with E-state index in [4.69, 9.17) is 14.2 Å². The van der Waals surface area contributed by atoms with Gasteiger partial charge in [-0.15, -0.1) is 0 Å². The maximum atomic E-state index is 13.0. The number of piperazine rings is 1. The lowest BCUT2D eigenvalue weighted by Gasteiger charge is -2.49. The van der Waals surface area contributed by atoms with E-state index in [2.05, 4.69) is 35.8 Å². The van der Waals surface area contributed by atoms with Crippen molar-refractivity contribution in [3.63, 3.8) is 0 Å². The highest BCUT2D eigenvalue weighted by Gasteiger charge is 2.78. The van der Waals surface area contributed by atoms with Crippen molar-refractivity contribution in [3.8, 4) is 5.75 Å². The molecule has 0 aromatic heterocycles. The lowest BCUT2D eigenvalue weighted by Crippen LogP contribution is -2.55. The summed E-state index contributed by atoms with van der Waals surface area (Å²) in [6.45, 7) is 9.44. The van der Waals surface area contributed by atoms with Gasteiger partial charge in [-0.05, 0) is 49.4 Å². The van der Waals surface area contributed by atoms with Gasteiger partial charge in [-0.25, -0.2) is 0 Å². The van der Waals surface area contributed by atoms with Gasteiger partial charge in [-0.1, -0.05) is 20.3 Å². The quantitative estimate of drug-likeness (QED) is 0.529. The second-order valence-corrected chi connectivity index (χ2v) is 11.0. The minimum Gasteiger partial charge on any atom is -0.497 e. The molecule has 0 N–H and O–H groups in total. The first kappa shape index (κ1) is 20.8. The monoisotopic (exact) mass is 440 g/mol. The Bertz CT molecular complexity index is 882. The van der Waals surface area contributed by atoms with Crippen LogP contribution in [-0.4, -0.2) is 68.5 Å². The number of methoxy groups -OCH3 is 1. The molecule has 2 saturated carbocycles. The van der Waals surface area contributed by atoms with E-state index in [1.165, 1.54) is 24.9 Å². The number of carbonyl (C=O) groups excluding carboxylic acids is 1. The number of rotatable bonds is 4. The van der Waals surface area contributed by atoms with Crippen LogP contribution < -0.4 is 9.64 Å². The summed E-state index contributed by atoms with van der Waals surface area (Å²) in [5.74, 6) is 1.67. The van der Waals surface area contributed by atoms with Gasteiger partial charge < -0.3 is 19.1 Å². The van der Waals surface area contributed by atoms with Crippen LogP contribution in [0, 0.1) is 23.2 Å². The largest absolute Gasteiger partial charge is 0.497 e. The van der Waals surface area contributed by atoms with Gasteiger partial charge in [0.15, 0.2) is 0 Å². The van der Waals surface area contributed by atoms with Crippen molar-refractivity contribution in [3.05, 3.63) is 24.3 Å². The number of fused-ring (bicyclic) bond motifs is 2. The molecule has 1 spiro atoms. The number of hydrogen-bond acceptors (Lipinski definition) is 6. The average molecular weight is 441 g/mol. The number of ether oxygens (including phenoxy) is 3. The summed E-state index contributed by atoms with van der Waals surface area (Å²) < 4.78 is 17.9. The van der Waals surface area contributed by atoms with Crippen molar-refractivity contribution in [1.82, 2.24) is 4.90 Å². The molecule has 1 aromatic rings. The number of benzene rings is 1. The molecular formula is C26H36N2O4. The highest BCUT2D eigenvalue weighted by molar-refractivity contribution is 5.76. The number of nitrogens with zero attached hydrogens (tertiary/aromatic N) is 2. The third kappa shape index (κ3) is 2.95. The van der Waals surface area contributed by atoms with Gasteiger partial charge in [0.1, 0.15) is 17.5 Å². The van der Waals surface area contributed by atoms with Gasteiger partial charge in [0.05, 0.1) is 19.1 Å². The fraction of sp³-hybridized carbons (Fsp3) is 0.731. The molecule has 174 valence electrons. The Balaban J connectivity index is 1.12. The van der Waals surface area contributed by atoms with Crippen molar-refractivity contribution in [2.24, 2.45) is 23.2 Å². The molecule has 3 saturated heterocycles. The summed E-state index contributed by atoms with van der Waals surface area (Å²) in [6.07, 6.45) is 4.94. The van der Waals surface area contributed by atoms with E-state index >= 15 is 0 Å². The molecule has 5 aliphatic rings. The van der Waals surface area contributed by atoms with Crippen LogP contribution in [0.4, 0.5) is 5.69 Å². The van der Waals surface area contributed by atoms with Crippen molar-refractivity contribution >= 4 is 11.7 Å². The average Bonchev–Trinajstić information content (AvgIpc) is 3.49. The van der Waals surface area contributed by atoms with Crippen molar-refractivity contribution < 1.29 is 19.0 Å². The van der Waals surface area contributed by atoms with Gasteiger partial charge in [-0.3, -0.25) is 9.69 Å². The molecule has 7 atom stereocenters. The van der Waals surface area contributed by atoms with Crippen LogP contribution in [0.2, 0.25) is 0 Å². The highest BCUT2D eigenvalue weighted by atomic mass is 16.6. The fourth-order valence-corrected chi connectivity index (χ4v) is 7.70. The SMILES string of the molecule is COc1ccc(N2CCN(C[C@H]3C(=O)O[C@@H]4C[C@@]5(C)CCC[C@H](C)[C@@]56O[C@@H]6[C@@H]43)CC2)cc1. The summed E-state index contributed by atoms with van der Waals surface area (Å²) in [5, 5.41) is 0. The van der Waals surface area contributed by atoms with Crippen LogP contribution in [0.15, 0.2) is 24.3 Å². The number of epoxide rings is 1. The smallest absolute Gasteiger partial charge is 0.311 e. The predicted octanol–water partition coefficient (Wildman–Crippen LogP) is 3.34. The second-order valence-electron chi connectivity index (χ2n) is 11.0. The van der Waals surface area contributed by atoms with Crippen LogP contribution in [0.1, 0.15) is 39.5 Å². The lowest BCUT2D eigenvalue weighted by molar-refractivity contribution is -0.146. The van der Waals surface area contributed by atoms with E-state index < -0.39 is 0 Å². The molecule has 5 fully saturated rings.